The molecule has 1 aliphatic rings. The van der Waals surface area contributed by atoms with Gasteiger partial charge in [-0.15, -0.1) is 11.3 Å². The Morgan fingerprint density at radius 1 is 1.24 bits per heavy atom. The molecule has 3 amide bonds. The normalized spacial score (nSPS) is 18.9. The van der Waals surface area contributed by atoms with Crippen molar-refractivity contribution in [2.24, 2.45) is 0 Å². The van der Waals surface area contributed by atoms with E-state index in [1.807, 2.05) is 41.8 Å². The molecule has 0 saturated carbocycles. The smallest absolute Gasteiger partial charge is 0.325 e. The molecule has 3 aromatic rings. The quantitative estimate of drug-likeness (QED) is 0.597. The fourth-order valence-electron chi connectivity index (χ4n) is 3.30. The van der Waals surface area contributed by atoms with Crippen molar-refractivity contribution >= 4 is 23.3 Å². The van der Waals surface area contributed by atoms with Crippen LogP contribution in [0.3, 0.4) is 0 Å². The molecule has 2 aromatic heterocycles. The molecule has 1 unspecified atom stereocenters. The number of nitrogens with one attached hydrogen (secondary N) is 1. The van der Waals surface area contributed by atoms with Gasteiger partial charge in [0.15, 0.2) is 0 Å². The highest BCUT2D eigenvalue weighted by molar-refractivity contribution is 7.13. The molecular formula is C21H21N3O4S. The molecular weight excluding hydrogens is 390 g/mol. The molecule has 8 heteroatoms. The maximum atomic E-state index is 13.0. The number of carbonyl (C=O) groups is 2. The summed E-state index contributed by atoms with van der Waals surface area (Å²) in [7, 11) is 1.62. The highest BCUT2D eigenvalue weighted by Crippen LogP contribution is 2.27. The molecule has 1 saturated heterocycles. The van der Waals surface area contributed by atoms with Crippen LogP contribution >= 0.6 is 11.3 Å². The lowest BCUT2D eigenvalue weighted by Gasteiger charge is -2.21. The van der Waals surface area contributed by atoms with Crippen molar-refractivity contribution in [3.05, 3.63) is 59.3 Å². The number of ether oxygens (including phenoxy) is 1. The number of benzene rings is 1. The molecule has 1 aliphatic heterocycles. The van der Waals surface area contributed by atoms with Crippen LogP contribution in [-0.2, 0) is 17.8 Å². The summed E-state index contributed by atoms with van der Waals surface area (Å²) in [4.78, 5) is 31.9. The Balaban J connectivity index is 1.42. The van der Waals surface area contributed by atoms with Crippen LogP contribution in [0.4, 0.5) is 4.79 Å². The number of hydrogen-bond acceptors (Lipinski definition) is 6. The van der Waals surface area contributed by atoms with Crippen molar-refractivity contribution in [2.45, 2.75) is 31.8 Å². The summed E-state index contributed by atoms with van der Waals surface area (Å²) in [6.45, 7) is 1.84. The molecule has 29 heavy (non-hydrogen) atoms. The summed E-state index contributed by atoms with van der Waals surface area (Å²) < 4.78 is 10.6. The fourth-order valence-corrected chi connectivity index (χ4v) is 3.96. The van der Waals surface area contributed by atoms with Crippen molar-refractivity contribution in [3.63, 3.8) is 0 Å². The monoisotopic (exact) mass is 411 g/mol. The van der Waals surface area contributed by atoms with Gasteiger partial charge in [-0.25, -0.2) is 9.78 Å². The van der Waals surface area contributed by atoms with Crippen LogP contribution in [0.2, 0.25) is 0 Å². The van der Waals surface area contributed by atoms with Gasteiger partial charge in [0.2, 0.25) is 5.89 Å². The third-order valence-electron chi connectivity index (χ3n) is 5.02. The van der Waals surface area contributed by atoms with Gasteiger partial charge < -0.3 is 14.5 Å². The zero-order chi connectivity index (χ0) is 20.4. The highest BCUT2D eigenvalue weighted by Gasteiger charge is 2.47. The molecule has 1 fully saturated rings. The molecule has 7 nitrogen and oxygen atoms in total. The van der Waals surface area contributed by atoms with Crippen molar-refractivity contribution in [2.75, 3.05) is 7.11 Å². The summed E-state index contributed by atoms with van der Waals surface area (Å²) in [5, 5.41) is 4.77. The molecule has 1 N–H and O–H groups in total. The average Bonchev–Trinajstić information content (AvgIpc) is 3.45. The minimum atomic E-state index is -0.947. The van der Waals surface area contributed by atoms with Crippen LogP contribution in [-0.4, -0.2) is 34.5 Å². The number of oxazole rings is 1. The Bertz CT molecular complexity index is 1010. The molecule has 4 rings (SSSR count). The zero-order valence-electron chi connectivity index (χ0n) is 16.2. The molecule has 0 aliphatic carbocycles. The Morgan fingerprint density at radius 3 is 2.72 bits per heavy atom. The topological polar surface area (TPSA) is 84.7 Å². The molecule has 150 valence electrons. The van der Waals surface area contributed by atoms with Gasteiger partial charge in [-0.3, -0.25) is 9.69 Å². The number of nitrogens with zero attached hydrogens (tertiary/aromatic N) is 2. The third-order valence-corrected chi connectivity index (χ3v) is 5.88. The lowest BCUT2D eigenvalue weighted by molar-refractivity contribution is -0.131. The van der Waals surface area contributed by atoms with Crippen LogP contribution in [0.1, 0.15) is 24.6 Å². The summed E-state index contributed by atoms with van der Waals surface area (Å²) in [5.41, 5.74) is 0.665. The number of imide groups is 1. The number of thiophene rings is 1. The summed E-state index contributed by atoms with van der Waals surface area (Å²) in [6.07, 6.45) is 2.65. The minimum Gasteiger partial charge on any atom is -0.497 e. The number of urea groups is 1. The van der Waals surface area contributed by atoms with Gasteiger partial charge in [-0.1, -0.05) is 18.2 Å². The fraction of sp³-hybridized carbons (Fsp3) is 0.286. The number of methoxy groups -OCH3 is 1. The van der Waals surface area contributed by atoms with E-state index in [4.69, 9.17) is 9.15 Å². The maximum Gasteiger partial charge on any atom is 0.325 e. The first-order valence-corrected chi connectivity index (χ1v) is 10.1. The molecule has 0 bridgehead atoms. The van der Waals surface area contributed by atoms with Crippen LogP contribution < -0.4 is 10.1 Å². The van der Waals surface area contributed by atoms with Gasteiger partial charge in [0.25, 0.3) is 5.91 Å². The maximum absolute atomic E-state index is 13.0. The SMILES string of the molecule is COc1ccc(CCC2(C)NC(=O)N(Cc3coc(-c4cccs4)n3)C2=O)cc1. The molecule has 0 spiro atoms. The number of hydrogen-bond donors (Lipinski definition) is 1. The van der Waals surface area contributed by atoms with Gasteiger partial charge >= 0.3 is 6.03 Å². The summed E-state index contributed by atoms with van der Waals surface area (Å²) >= 11 is 1.52. The first kappa shape index (κ1) is 19.2. The van der Waals surface area contributed by atoms with E-state index in [1.165, 1.54) is 22.5 Å². The highest BCUT2D eigenvalue weighted by atomic mass is 32.1. The zero-order valence-corrected chi connectivity index (χ0v) is 17.0. The van der Waals surface area contributed by atoms with Gasteiger partial charge in [-0.2, -0.15) is 0 Å². The Kier molecular flexibility index (Phi) is 5.10. The number of amides is 3. The molecule has 3 heterocycles. The minimum absolute atomic E-state index is 0.0810. The number of aromatic nitrogens is 1. The summed E-state index contributed by atoms with van der Waals surface area (Å²) in [6, 6.07) is 11.1. The van der Waals surface area contributed by atoms with E-state index < -0.39 is 11.6 Å². The number of rotatable bonds is 7. The van der Waals surface area contributed by atoms with Gasteiger partial charge in [-0.05, 0) is 48.9 Å². The molecule has 0 radical (unpaired) electrons. The van der Waals surface area contributed by atoms with Crippen molar-refractivity contribution in [3.8, 4) is 16.5 Å². The third kappa shape index (κ3) is 3.88. The predicted molar refractivity (Wildman–Crippen MR) is 109 cm³/mol. The van der Waals surface area contributed by atoms with E-state index >= 15 is 0 Å². The van der Waals surface area contributed by atoms with Gasteiger partial charge in [0, 0.05) is 0 Å². The second-order valence-corrected chi connectivity index (χ2v) is 8.07. The van der Waals surface area contributed by atoms with Crippen LogP contribution in [0, 0.1) is 0 Å². The van der Waals surface area contributed by atoms with E-state index in [2.05, 4.69) is 10.3 Å². The number of aryl methyl sites for hydroxylation is 1. The van der Waals surface area contributed by atoms with E-state index in [1.54, 1.807) is 14.0 Å². The average molecular weight is 411 g/mol. The van der Waals surface area contributed by atoms with Gasteiger partial charge in [0.1, 0.15) is 17.6 Å². The number of carbonyl (C=O) groups excluding carboxylic acids is 2. The molecule has 1 aromatic carbocycles. The first-order valence-electron chi connectivity index (χ1n) is 9.24. The lowest BCUT2D eigenvalue weighted by atomic mass is 9.93. The first-order chi connectivity index (χ1) is 14.0. The lowest BCUT2D eigenvalue weighted by Crippen LogP contribution is -2.44. The Labute approximate surface area is 172 Å². The second-order valence-electron chi connectivity index (χ2n) is 7.12. The van der Waals surface area contributed by atoms with Crippen molar-refractivity contribution in [1.29, 1.82) is 0 Å². The van der Waals surface area contributed by atoms with Crippen LogP contribution in [0.25, 0.3) is 10.8 Å². The van der Waals surface area contributed by atoms with Crippen molar-refractivity contribution in [1.82, 2.24) is 15.2 Å². The largest absolute Gasteiger partial charge is 0.497 e. The van der Waals surface area contributed by atoms with E-state index in [0.29, 0.717) is 24.4 Å². The van der Waals surface area contributed by atoms with Crippen molar-refractivity contribution < 1.29 is 18.7 Å². The second kappa shape index (κ2) is 7.71. The van der Waals surface area contributed by atoms with E-state index in [-0.39, 0.29) is 12.5 Å². The van der Waals surface area contributed by atoms with Crippen LogP contribution in [0.15, 0.2) is 52.5 Å². The van der Waals surface area contributed by atoms with E-state index in [0.717, 1.165) is 16.2 Å². The molecule has 1 atom stereocenters. The Morgan fingerprint density at radius 2 is 2.03 bits per heavy atom. The summed E-state index contributed by atoms with van der Waals surface area (Å²) in [5.74, 6) is 1.02. The Hall–Kier alpha value is -3.13. The standard InChI is InChI=1S/C21H21N3O4S/c1-21(10-9-14-5-7-16(27-2)8-6-14)19(25)24(20(26)23-21)12-15-13-28-18(22-15)17-4-3-11-29-17/h3-8,11,13H,9-10,12H2,1-2H3,(H,23,26). The van der Waals surface area contributed by atoms with Gasteiger partial charge in [0.05, 0.1) is 24.2 Å². The van der Waals surface area contributed by atoms with E-state index in [9.17, 15) is 9.59 Å². The van der Waals surface area contributed by atoms with Crippen LogP contribution in [0.5, 0.6) is 5.75 Å². The predicted octanol–water partition coefficient (Wildman–Crippen LogP) is 3.86.